The third-order valence-corrected chi connectivity index (χ3v) is 5.17. The van der Waals surface area contributed by atoms with Gasteiger partial charge in [0, 0.05) is 31.8 Å². The van der Waals surface area contributed by atoms with Gasteiger partial charge in [0.05, 0.1) is 23.3 Å². The summed E-state index contributed by atoms with van der Waals surface area (Å²) in [6, 6.07) is 11.9. The molecule has 148 valence electrons. The third-order valence-electron chi connectivity index (χ3n) is 5.17. The number of methoxy groups -OCH3 is 1. The van der Waals surface area contributed by atoms with Gasteiger partial charge in [-0.05, 0) is 42.5 Å². The maximum atomic E-state index is 12.9. The smallest absolute Gasteiger partial charge is 0.270 e. The van der Waals surface area contributed by atoms with Crippen molar-refractivity contribution in [1.29, 1.82) is 0 Å². The summed E-state index contributed by atoms with van der Waals surface area (Å²) >= 11 is 0. The summed E-state index contributed by atoms with van der Waals surface area (Å²) in [7, 11) is 1.60. The van der Waals surface area contributed by atoms with Gasteiger partial charge in [-0.3, -0.25) is 14.9 Å². The summed E-state index contributed by atoms with van der Waals surface area (Å²) < 4.78 is 5.13. The molecule has 28 heavy (non-hydrogen) atoms. The zero-order chi connectivity index (χ0) is 20.1. The number of carbonyl (C=O) groups excluding carboxylic acids is 1. The van der Waals surface area contributed by atoms with Crippen molar-refractivity contribution < 1.29 is 14.5 Å². The molecule has 1 aliphatic heterocycles. The standard InChI is InChI=1S/C21H25N3O4/c1-15-9-11-23(12-10-15)20-8-5-17(24(26)27)13-19(20)21(25)22-14-16-3-6-18(28-2)7-4-16/h3-8,13,15H,9-12,14H2,1-2H3,(H,22,25). The molecule has 7 nitrogen and oxygen atoms in total. The van der Waals surface area contributed by atoms with Crippen molar-refractivity contribution in [3.05, 3.63) is 63.7 Å². The minimum atomic E-state index is -0.470. The molecule has 1 saturated heterocycles. The lowest BCUT2D eigenvalue weighted by Crippen LogP contribution is -2.35. The van der Waals surface area contributed by atoms with Crippen LogP contribution in [-0.4, -0.2) is 31.0 Å². The Morgan fingerprint density at radius 1 is 1.21 bits per heavy atom. The van der Waals surface area contributed by atoms with Crippen LogP contribution in [-0.2, 0) is 6.54 Å². The minimum Gasteiger partial charge on any atom is -0.497 e. The Kier molecular flexibility index (Phi) is 6.13. The quantitative estimate of drug-likeness (QED) is 0.606. The second-order valence-electron chi connectivity index (χ2n) is 7.16. The molecule has 0 saturated carbocycles. The summed E-state index contributed by atoms with van der Waals surface area (Å²) in [5.41, 5.74) is 1.94. The number of nitrogens with one attached hydrogen (secondary N) is 1. The number of benzene rings is 2. The summed E-state index contributed by atoms with van der Waals surface area (Å²) in [5, 5.41) is 14.1. The van der Waals surface area contributed by atoms with Crippen LogP contribution in [0.1, 0.15) is 35.7 Å². The number of piperidine rings is 1. The van der Waals surface area contributed by atoms with Crippen molar-refractivity contribution in [2.24, 2.45) is 5.92 Å². The van der Waals surface area contributed by atoms with E-state index in [9.17, 15) is 14.9 Å². The van der Waals surface area contributed by atoms with Crippen LogP contribution >= 0.6 is 0 Å². The van der Waals surface area contributed by atoms with Crippen molar-refractivity contribution >= 4 is 17.3 Å². The van der Waals surface area contributed by atoms with E-state index >= 15 is 0 Å². The molecule has 1 heterocycles. The van der Waals surface area contributed by atoms with Gasteiger partial charge >= 0.3 is 0 Å². The van der Waals surface area contributed by atoms with Crippen LogP contribution in [0.4, 0.5) is 11.4 Å². The predicted molar refractivity (Wildman–Crippen MR) is 108 cm³/mol. The molecular formula is C21H25N3O4. The number of anilines is 1. The molecule has 1 N–H and O–H groups in total. The zero-order valence-electron chi connectivity index (χ0n) is 16.2. The lowest BCUT2D eigenvalue weighted by atomic mass is 9.98. The molecule has 0 unspecified atom stereocenters. The van der Waals surface area contributed by atoms with E-state index in [0.717, 1.165) is 42.9 Å². The number of ether oxygens (including phenoxy) is 1. The molecule has 7 heteroatoms. The number of nitro groups is 1. The van der Waals surface area contributed by atoms with E-state index in [4.69, 9.17) is 4.74 Å². The fourth-order valence-corrected chi connectivity index (χ4v) is 3.37. The first-order valence-corrected chi connectivity index (χ1v) is 9.42. The monoisotopic (exact) mass is 383 g/mol. The van der Waals surface area contributed by atoms with E-state index in [1.54, 1.807) is 13.2 Å². The normalized spacial score (nSPS) is 14.6. The largest absolute Gasteiger partial charge is 0.497 e. The van der Waals surface area contributed by atoms with Crippen LogP contribution in [0.25, 0.3) is 0 Å². The fourth-order valence-electron chi connectivity index (χ4n) is 3.37. The van der Waals surface area contributed by atoms with Crippen LogP contribution in [0.15, 0.2) is 42.5 Å². The van der Waals surface area contributed by atoms with Crippen molar-refractivity contribution in [3.8, 4) is 5.75 Å². The first kappa shape index (κ1) is 19.7. The number of hydrogen-bond acceptors (Lipinski definition) is 5. The summed E-state index contributed by atoms with van der Waals surface area (Å²) in [6.07, 6.45) is 2.09. The van der Waals surface area contributed by atoms with Crippen LogP contribution < -0.4 is 15.0 Å². The first-order chi connectivity index (χ1) is 13.5. The second kappa shape index (κ2) is 8.73. The number of rotatable bonds is 6. The number of nitrogens with zero attached hydrogens (tertiary/aromatic N) is 2. The molecule has 0 radical (unpaired) electrons. The minimum absolute atomic E-state index is 0.0799. The van der Waals surface area contributed by atoms with Gasteiger partial charge in [0.2, 0.25) is 0 Å². The Hall–Kier alpha value is -3.09. The van der Waals surface area contributed by atoms with Crippen LogP contribution in [0.2, 0.25) is 0 Å². The van der Waals surface area contributed by atoms with E-state index < -0.39 is 4.92 Å². The summed E-state index contributed by atoms with van der Waals surface area (Å²) in [4.78, 5) is 25.7. The van der Waals surface area contributed by atoms with Crippen LogP contribution in [0, 0.1) is 16.0 Å². The SMILES string of the molecule is COc1ccc(CNC(=O)c2cc([N+](=O)[O-])ccc2N2CCC(C)CC2)cc1. The number of amides is 1. The van der Waals surface area contributed by atoms with Crippen molar-refractivity contribution in [2.75, 3.05) is 25.1 Å². The highest BCUT2D eigenvalue weighted by atomic mass is 16.6. The predicted octanol–water partition coefficient (Wildman–Crippen LogP) is 3.77. The molecular weight excluding hydrogens is 358 g/mol. The average molecular weight is 383 g/mol. The van der Waals surface area contributed by atoms with Crippen molar-refractivity contribution in [3.63, 3.8) is 0 Å². The van der Waals surface area contributed by atoms with E-state index in [1.165, 1.54) is 12.1 Å². The number of hydrogen-bond donors (Lipinski definition) is 1. The van der Waals surface area contributed by atoms with Gasteiger partial charge in [0.25, 0.3) is 11.6 Å². The highest BCUT2D eigenvalue weighted by Crippen LogP contribution is 2.29. The van der Waals surface area contributed by atoms with E-state index in [1.807, 2.05) is 24.3 Å². The molecule has 0 aromatic heterocycles. The van der Waals surface area contributed by atoms with E-state index in [2.05, 4.69) is 17.1 Å². The molecule has 0 bridgehead atoms. The van der Waals surface area contributed by atoms with Gasteiger partial charge in [0.15, 0.2) is 0 Å². The number of non-ortho nitro benzene ring substituents is 1. The number of carbonyl (C=O) groups is 1. The average Bonchev–Trinajstić information content (AvgIpc) is 2.72. The topological polar surface area (TPSA) is 84.7 Å². The van der Waals surface area contributed by atoms with Gasteiger partial charge in [-0.15, -0.1) is 0 Å². The maximum absolute atomic E-state index is 12.9. The molecule has 0 atom stereocenters. The lowest BCUT2D eigenvalue weighted by Gasteiger charge is -2.33. The van der Waals surface area contributed by atoms with Crippen LogP contribution in [0.3, 0.4) is 0 Å². The van der Waals surface area contributed by atoms with Crippen molar-refractivity contribution in [2.45, 2.75) is 26.3 Å². The molecule has 2 aromatic carbocycles. The highest BCUT2D eigenvalue weighted by molar-refractivity contribution is 6.00. The molecule has 0 spiro atoms. The van der Waals surface area contributed by atoms with E-state index in [0.29, 0.717) is 18.0 Å². The van der Waals surface area contributed by atoms with Gasteiger partial charge in [-0.2, -0.15) is 0 Å². The highest BCUT2D eigenvalue weighted by Gasteiger charge is 2.23. The summed E-state index contributed by atoms with van der Waals surface area (Å²) in [5.74, 6) is 1.09. The second-order valence-corrected chi connectivity index (χ2v) is 7.16. The number of nitro benzene ring substituents is 1. The van der Waals surface area contributed by atoms with Gasteiger partial charge < -0.3 is 15.0 Å². The van der Waals surface area contributed by atoms with Gasteiger partial charge in [-0.1, -0.05) is 19.1 Å². The van der Waals surface area contributed by atoms with E-state index in [-0.39, 0.29) is 11.6 Å². The molecule has 2 aromatic rings. The molecule has 1 aliphatic rings. The van der Waals surface area contributed by atoms with Gasteiger partial charge in [0.1, 0.15) is 5.75 Å². The molecule has 3 rings (SSSR count). The molecule has 0 aliphatic carbocycles. The fraction of sp³-hybridized carbons (Fsp3) is 0.381. The Labute approximate surface area is 164 Å². The molecule has 1 amide bonds. The van der Waals surface area contributed by atoms with Crippen molar-refractivity contribution in [1.82, 2.24) is 5.32 Å². The Bertz CT molecular complexity index is 843. The molecule has 1 fully saturated rings. The van der Waals surface area contributed by atoms with Gasteiger partial charge in [-0.25, -0.2) is 0 Å². The van der Waals surface area contributed by atoms with Crippen LogP contribution in [0.5, 0.6) is 5.75 Å². The first-order valence-electron chi connectivity index (χ1n) is 9.42. The Balaban J connectivity index is 1.79. The summed E-state index contributed by atoms with van der Waals surface area (Å²) in [6.45, 7) is 4.24. The maximum Gasteiger partial charge on any atom is 0.270 e. The Morgan fingerprint density at radius 2 is 1.89 bits per heavy atom. The third kappa shape index (κ3) is 4.60. The lowest BCUT2D eigenvalue weighted by molar-refractivity contribution is -0.384. The Morgan fingerprint density at radius 3 is 2.50 bits per heavy atom. The zero-order valence-corrected chi connectivity index (χ0v) is 16.2.